The van der Waals surface area contributed by atoms with Gasteiger partial charge in [-0.05, 0) is 20.8 Å². The van der Waals surface area contributed by atoms with Gasteiger partial charge in [0, 0.05) is 13.1 Å². The third-order valence-corrected chi connectivity index (χ3v) is 1.91. The molecule has 1 amide bonds. The Morgan fingerprint density at radius 1 is 1.35 bits per heavy atom. The van der Waals surface area contributed by atoms with Crippen molar-refractivity contribution >= 4 is 5.91 Å². The molecular formula is C10H19F3N2O2. The summed E-state index contributed by atoms with van der Waals surface area (Å²) in [5, 5.41) is 11.6. The van der Waals surface area contributed by atoms with Crippen molar-refractivity contribution < 1.29 is 23.1 Å². The Labute approximate surface area is 98.8 Å². The quantitative estimate of drug-likeness (QED) is 0.737. The maximum atomic E-state index is 11.8. The van der Waals surface area contributed by atoms with Gasteiger partial charge in [-0.1, -0.05) is 0 Å². The lowest BCUT2D eigenvalue weighted by molar-refractivity contribution is -0.136. The number of nitrogens with zero attached hydrogens (tertiary/aromatic N) is 1. The molecule has 0 saturated heterocycles. The van der Waals surface area contributed by atoms with Crippen molar-refractivity contribution in [2.45, 2.75) is 32.5 Å². The summed E-state index contributed by atoms with van der Waals surface area (Å²) in [4.78, 5) is 12.8. The number of amides is 1. The highest BCUT2D eigenvalue weighted by atomic mass is 19.4. The predicted octanol–water partition coefficient (Wildman–Crippen LogP) is 0.758. The van der Waals surface area contributed by atoms with Gasteiger partial charge in [0.2, 0.25) is 5.91 Å². The maximum absolute atomic E-state index is 11.8. The first-order chi connectivity index (χ1) is 7.55. The molecule has 0 fully saturated rings. The lowest BCUT2D eigenvalue weighted by Crippen LogP contribution is -2.46. The number of likely N-dealkylation sites (N-methyl/N-ethyl adjacent to an activating group) is 1. The zero-order chi connectivity index (χ0) is 13.7. The zero-order valence-electron chi connectivity index (χ0n) is 10.3. The van der Waals surface area contributed by atoms with E-state index in [2.05, 4.69) is 0 Å². The zero-order valence-corrected chi connectivity index (χ0v) is 10.3. The average Bonchev–Trinajstić information content (AvgIpc) is 2.10. The Hall–Kier alpha value is -0.820. The predicted molar refractivity (Wildman–Crippen MR) is 57.5 cm³/mol. The van der Waals surface area contributed by atoms with Crippen molar-refractivity contribution in [3.05, 3.63) is 0 Å². The second-order valence-electron chi connectivity index (χ2n) is 4.44. The normalized spacial score (nSPS) is 12.6. The molecule has 0 heterocycles. The molecule has 0 aliphatic carbocycles. The molecule has 0 radical (unpaired) electrons. The maximum Gasteiger partial charge on any atom is 0.401 e. The summed E-state index contributed by atoms with van der Waals surface area (Å²) in [5.74, 6) is -0.459. The van der Waals surface area contributed by atoms with Crippen LogP contribution in [0.25, 0.3) is 0 Å². The van der Waals surface area contributed by atoms with E-state index >= 15 is 0 Å². The summed E-state index contributed by atoms with van der Waals surface area (Å²) >= 11 is 0. The highest BCUT2D eigenvalue weighted by Gasteiger charge is 2.27. The Morgan fingerprint density at radius 3 is 2.24 bits per heavy atom. The van der Waals surface area contributed by atoms with Gasteiger partial charge in [-0.15, -0.1) is 0 Å². The van der Waals surface area contributed by atoms with Gasteiger partial charge in [-0.2, -0.15) is 13.2 Å². The minimum Gasteiger partial charge on any atom is -0.389 e. The van der Waals surface area contributed by atoms with E-state index in [4.69, 9.17) is 0 Å². The van der Waals surface area contributed by atoms with E-state index in [1.807, 2.05) is 5.32 Å². The van der Waals surface area contributed by atoms with Crippen LogP contribution in [0.3, 0.4) is 0 Å². The smallest absolute Gasteiger partial charge is 0.389 e. The molecule has 0 atom stereocenters. The molecule has 0 spiro atoms. The van der Waals surface area contributed by atoms with E-state index in [0.717, 1.165) is 0 Å². The van der Waals surface area contributed by atoms with Gasteiger partial charge >= 0.3 is 6.18 Å². The van der Waals surface area contributed by atoms with Crippen molar-refractivity contribution in [2.75, 3.05) is 26.2 Å². The summed E-state index contributed by atoms with van der Waals surface area (Å²) in [6.07, 6.45) is -4.33. The van der Waals surface area contributed by atoms with Crippen molar-refractivity contribution in [1.82, 2.24) is 10.2 Å². The molecule has 0 rings (SSSR count). The molecule has 4 nitrogen and oxygen atoms in total. The molecule has 102 valence electrons. The fraction of sp³-hybridized carbons (Fsp3) is 0.900. The molecule has 0 aliphatic rings. The molecule has 0 saturated carbocycles. The molecule has 0 bridgehead atoms. The molecule has 0 aromatic heterocycles. The van der Waals surface area contributed by atoms with Crippen molar-refractivity contribution in [2.24, 2.45) is 0 Å². The third-order valence-electron chi connectivity index (χ3n) is 1.91. The fourth-order valence-electron chi connectivity index (χ4n) is 1.27. The number of hydrogen-bond acceptors (Lipinski definition) is 3. The van der Waals surface area contributed by atoms with Gasteiger partial charge in [0.15, 0.2) is 0 Å². The Morgan fingerprint density at radius 2 is 1.88 bits per heavy atom. The van der Waals surface area contributed by atoms with Crippen LogP contribution < -0.4 is 5.32 Å². The SMILES string of the molecule is CCN(CC(C)(C)O)C(=O)CNCC(F)(F)F. The topological polar surface area (TPSA) is 52.6 Å². The lowest BCUT2D eigenvalue weighted by Gasteiger charge is -2.28. The van der Waals surface area contributed by atoms with Crippen LogP contribution in [0.1, 0.15) is 20.8 Å². The summed E-state index contributed by atoms with van der Waals surface area (Å²) in [7, 11) is 0. The summed E-state index contributed by atoms with van der Waals surface area (Å²) in [6.45, 7) is 3.63. The standard InChI is InChI=1S/C10H19F3N2O2/c1-4-15(7-9(2,3)17)8(16)5-14-6-10(11,12)13/h14,17H,4-7H2,1-3H3. The minimum atomic E-state index is -4.33. The van der Waals surface area contributed by atoms with Gasteiger partial charge in [-0.3, -0.25) is 4.79 Å². The largest absolute Gasteiger partial charge is 0.401 e. The van der Waals surface area contributed by atoms with Crippen LogP contribution in [0.4, 0.5) is 13.2 Å². The van der Waals surface area contributed by atoms with Crippen molar-refractivity contribution in [1.29, 1.82) is 0 Å². The highest BCUT2D eigenvalue weighted by molar-refractivity contribution is 5.78. The van der Waals surface area contributed by atoms with E-state index in [1.165, 1.54) is 18.7 Å². The Balaban J connectivity index is 4.10. The molecule has 0 aromatic rings. The Kier molecular flexibility index (Phi) is 5.91. The summed E-state index contributed by atoms with van der Waals surface area (Å²) in [6, 6.07) is 0. The van der Waals surface area contributed by atoms with Crippen LogP contribution in [0.5, 0.6) is 0 Å². The van der Waals surface area contributed by atoms with Crippen molar-refractivity contribution in [3.8, 4) is 0 Å². The van der Waals surface area contributed by atoms with Crippen LogP contribution in [-0.2, 0) is 4.79 Å². The van der Waals surface area contributed by atoms with E-state index in [1.54, 1.807) is 6.92 Å². The number of carbonyl (C=O) groups excluding carboxylic acids is 1. The van der Waals surface area contributed by atoms with Gasteiger partial charge < -0.3 is 15.3 Å². The molecule has 7 heteroatoms. The molecule has 0 aromatic carbocycles. The average molecular weight is 256 g/mol. The number of nitrogens with one attached hydrogen (secondary N) is 1. The molecule has 2 N–H and O–H groups in total. The molecule has 17 heavy (non-hydrogen) atoms. The van der Waals surface area contributed by atoms with Gasteiger partial charge in [-0.25, -0.2) is 0 Å². The van der Waals surface area contributed by atoms with Gasteiger partial charge in [0.25, 0.3) is 0 Å². The van der Waals surface area contributed by atoms with Crippen LogP contribution >= 0.6 is 0 Å². The van der Waals surface area contributed by atoms with Crippen LogP contribution in [0.15, 0.2) is 0 Å². The van der Waals surface area contributed by atoms with Crippen molar-refractivity contribution in [3.63, 3.8) is 0 Å². The van der Waals surface area contributed by atoms with Gasteiger partial charge in [0.05, 0.1) is 18.7 Å². The van der Waals surface area contributed by atoms with E-state index in [0.29, 0.717) is 6.54 Å². The first-order valence-corrected chi connectivity index (χ1v) is 5.33. The first kappa shape index (κ1) is 16.2. The number of halogens is 3. The van der Waals surface area contributed by atoms with Gasteiger partial charge in [0.1, 0.15) is 0 Å². The molecule has 0 aliphatic heterocycles. The first-order valence-electron chi connectivity index (χ1n) is 5.33. The lowest BCUT2D eigenvalue weighted by atomic mass is 10.1. The van der Waals surface area contributed by atoms with E-state index in [9.17, 15) is 23.1 Å². The van der Waals surface area contributed by atoms with Crippen LogP contribution in [0.2, 0.25) is 0 Å². The summed E-state index contributed by atoms with van der Waals surface area (Å²) in [5.41, 5.74) is -1.06. The second-order valence-corrected chi connectivity index (χ2v) is 4.44. The number of aliphatic hydroxyl groups is 1. The van der Waals surface area contributed by atoms with E-state index < -0.39 is 24.2 Å². The van der Waals surface area contributed by atoms with E-state index in [-0.39, 0.29) is 13.1 Å². The number of alkyl halides is 3. The number of rotatable bonds is 6. The fourth-order valence-corrected chi connectivity index (χ4v) is 1.27. The van der Waals surface area contributed by atoms with Crippen LogP contribution in [-0.4, -0.2) is 53.9 Å². The van der Waals surface area contributed by atoms with Crippen LogP contribution in [0, 0.1) is 0 Å². The minimum absolute atomic E-state index is 0.0933. The molecule has 0 unspecified atom stereocenters. The number of hydrogen-bond donors (Lipinski definition) is 2. The Bertz CT molecular complexity index is 249. The third kappa shape index (κ3) is 8.93. The monoisotopic (exact) mass is 256 g/mol. The molecular weight excluding hydrogens is 237 g/mol. The summed E-state index contributed by atoms with van der Waals surface area (Å²) < 4.78 is 35.5. The second kappa shape index (κ2) is 6.20. The number of carbonyl (C=O) groups is 1. The highest BCUT2D eigenvalue weighted by Crippen LogP contribution is 2.12.